The number of nitrogens with zero attached hydrogens (tertiary/aromatic N) is 2. The van der Waals surface area contributed by atoms with E-state index in [2.05, 4.69) is 10.3 Å². The molecule has 134 valence electrons. The smallest absolute Gasteiger partial charge is 0.251 e. The summed E-state index contributed by atoms with van der Waals surface area (Å²) in [5.74, 6) is 0.781. The van der Waals surface area contributed by atoms with Crippen molar-refractivity contribution < 1.29 is 9.59 Å². The lowest BCUT2D eigenvalue weighted by Gasteiger charge is -2.15. The van der Waals surface area contributed by atoms with Crippen LogP contribution in [0.5, 0.6) is 0 Å². The van der Waals surface area contributed by atoms with Crippen LogP contribution in [0.15, 0.2) is 48.5 Å². The second-order valence-electron chi connectivity index (χ2n) is 6.55. The monoisotopic (exact) mass is 349 g/mol. The molecule has 0 fully saturated rings. The van der Waals surface area contributed by atoms with E-state index in [1.807, 2.05) is 66.9 Å². The summed E-state index contributed by atoms with van der Waals surface area (Å²) in [7, 11) is 0. The molecular weight excluding hydrogens is 326 g/mol. The Balaban J connectivity index is 1.76. The number of ketones is 1. The Hall–Kier alpha value is -2.95. The number of aryl methyl sites for hydroxylation is 1. The maximum atomic E-state index is 12.3. The standard InChI is InChI=1S/C21H23N3O2/c1-14-8-10-17(11-9-14)21(26)22-13-12-20-23-18-6-4-5-7-19(18)24(20)15(2)16(3)25/h4-11,15H,12-13H2,1-3H3,(H,22,26). The largest absolute Gasteiger partial charge is 0.352 e. The van der Waals surface area contributed by atoms with Gasteiger partial charge in [-0.1, -0.05) is 29.8 Å². The van der Waals surface area contributed by atoms with E-state index in [1.54, 1.807) is 6.92 Å². The molecule has 1 amide bonds. The minimum absolute atomic E-state index is 0.0816. The summed E-state index contributed by atoms with van der Waals surface area (Å²) < 4.78 is 1.97. The van der Waals surface area contributed by atoms with Crippen molar-refractivity contribution >= 4 is 22.7 Å². The predicted molar refractivity (Wildman–Crippen MR) is 102 cm³/mol. The van der Waals surface area contributed by atoms with Gasteiger partial charge in [0.15, 0.2) is 5.78 Å². The van der Waals surface area contributed by atoms with E-state index in [0.717, 1.165) is 22.4 Å². The molecular formula is C21H23N3O2. The van der Waals surface area contributed by atoms with Crippen molar-refractivity contribution in [1.82, 2.24) is 14.9 Å². The van der Waals surface area contributed by atoms with E-state index in [1.165, 1.54) is 0 Å². The van der Waals surface area contributed by atoms with Crippen LogP contribution in [-0.2, 0) is 11.2 Å². The quantitative estimate of drug-likeness (QED) is 0.741. The Bertz CT molecular complexity index is 942. The van der Waals surface area contributed by atoms with Crippen LogP contribution < -0.4 is 5.32 Å². The van der Waals surface area contributed by atoms with Crippen LogP contribution >= 0.6 is 0 Å². The molecule has 3 rings (SSSR count). The third kappa shape index (κ3) is 3.67. The molecule has 0 aliphatic heterocycles. The fourth-order valence-electron chi connectivity index (χ4n) is 2.98. The highest BCUT2D eigenvalue weighted by atomic mass is 16.1. The molecule has 0 saturated heterocycles. The van der Waals surface area contributed by atoms with Gasteiger partial charge < -0.3 is 9.88 Å². The number of hydrogen-bond donors (Lipinski definition) is 1. The number of aromatic nitrogens is 2. The topological polar surface area (TPSA) is 64.0 Å². The van der Waals surface area contributed by atoms with E-state index in [4.69, 9.17) is 0 Å². The van der Waals surface area contributed by atoms with Crippen LogP contribution in [0.1, 0.15) is 41.6 Å². The molecule has 0 radical (unpaired) electrons. The molecule has 26 heavy (non-hydrogen) atoms. The molecule has 1 unspecified atom stereocenters. The molecule has 5 nitrogen and oxygen atoms in total. The number of nitrogens with one attached hydrogen (secondary N) is 1. The summed E-state index contributed by atoms with van der Waals surface area (Å²) >= 11 is 0. The SMILES string of the molecule is CC(=O)C(C)n1c(CCNC(=O)c2ccc(C)cc2)nc2ccccc21. The van der Waals surface area contributed by atoms with Gasteiger partial charge in [0.1, 0.15) is 5.82 Å². The second kappa shape index (κ2) is 7.52. The second-order valence-corrected chi connectivity index (χ2v) is 6.55. The first kappa shape index (κ1) is 17.9. The van der Waals surface area contributed by atoms with Gasteiger partial charge in [-0.05, 0) is 45.0 Å². The Morgan fingerprint density at radius 2 is 1.81 bits per heavy atom. The zero-order valence-corrected chi connectivity index (χ0v) is 15.3. The Labute approximate surface area is 153 Å². The fraction of sp³-hybridized carbons (Fsp3) is 0.286. The molecule has 2 aromatic carbocycles. The Kier molecular flexibility index (Phi) is 5.16. The zero-order chi connectivity index (χ0) is 18.7. The minimum Gasteiger partial charge on any atom is -0.352 e. The fourth-order valence-corrected chi connectivity index (χ4v) is 2.98. The Morgan fingerprint density at radius 1 is 1.12 bits per heavy atom. The first-order valence-electron chi connectivity index (χ1n) is 8.78. The van der Waals surface area contributed by atoms with Crippen molar-refractivity contribution in [2.24, 2.45) is 0 Å². The zero-order valence-electron chi connectivity index (χ0n) is 15.3. The molecule has 1 heterocycles. The van der Waals surface area contributed by atoms with Crippen molar-refractivity contribution in [3.05, 3.63) is 65.5 Å². The van der Waals surface area contributed by atoms with Crippen LogP contribution in [0.2, 0.25) is 0 Å². The van der Waals surface area contributed by atoms with Gasteiger partial charge in [-0.3, -0.25) is 9.59 Å². The average Bonchev–Trinajstić information content (AvgIpc) is 2.99. The highest BCUT2D eigenvalue weighted by Gasteiger charge is 2.18. The van der Waals surface area contributed by atoms with Gasteiger partial charge in [0.2, 0.25) is 0 Å². The highest BCUT2D eigenvalue weighted by molar-refractivity contribution is 5.94. The molecule has 0 bridgehead atoms. The predicted octanol–water partition coefficient (Wildman–Crippen LogP) is 3.47. The number of para-hydroxylation sites is 2. The minimum atomic E-state index is -0.287. The van der Waals surface area contributed by atoms with Gasteiger partial charge in [0, 0.05) is 18.5 Å². The first-order valence-corrected chi connectivity index (χ1v) is 8.78. The van der Waals surface area contributed by atoms with Gasteiger partial charge in [0.05, 0.1) is 17.1 Å². The number of rotatable bonds is 6. The van der Waals surface area contributed by atoms with Gasteiger partial charge in [0.25, 0.3) is 5.91 Å². The van der Waals surface area contributed by atoms with Gasteiger partial charge in [-0.2, -0.15) is 0 Å². The number of fused-ring (bicyclic) bond motifs is 1. The summed E-state index contributed by atoms with van der Waals surface area (Å²) in [6.45, 7) is 5.91. The molecule has 0 aliphatic rings. The Morgan fingerprint density at radius 3 is 2.50 bits per heavy atom. The number of carbonyl (C=O) groups excluding carboxylic acids is 2. The normalized spacial score (nSPS) is 12.1. The van der Waals surface area contributed by atoms with Gasteiger partial charge in [-0.25, -0.2) is 4.98 Å². The van der Waals surface area contributed by atoms with E-state index in [0.29, 0.717) is 18.5 Å². The number of amides is 1. The number of benzene rings is 2. The molecule has 1 atom stereocenters. The van der Waals surface area contributed by atoms with Crippen molar-refractivity contribution in [3.63, 3.8) is 0 Å². The van der Waals surface area contributed by atoms with Gasteiger partial charge in [-0.15, -0.1) is 0 Å². The van der Waals surface area contributed by atoms with E-state index >= 15 is 0 Å². The summed E-state index contributed by atoms with van der Waals surface area (Å²) in [5.41, 5.74) is 3.56. The van der Waals surface area contributed by atoms with Crippen LogP contribution in [-0.4, -0.2) is 27.8 Å². The maximum Gasteiger partial charge on any atom is 0.251 e. The molecule has 5 heteroatoms. The van der Waals surface area contributed by atoms with Crippen molar-refractivity contribution in [2.75, 3.05) is 6.54 Å². The summed E-state index contributed by atoms with van der Waals surface area (Å²) in [5, 5.41) is 2.93. The lowest BCUT2D eigenvalue weighted by molar-refractivity contribution is -0.119. The number of imidazole rings is 1. The van der Waals surface area contributed by atoms with Crippen molar-refractivity contribution in [2.45, 2.75) is 33.2 Å². The van der Waals surface area contributed by atoms with Gasteiger partial charge >= 0.3 is 0 Å². The van der Waals surface area contributed by atoms with Crippen LogP contribution in [0.25, 0.3) is 11.0 Å². The summed E-state index contributed by atoms with van der Waals surface area (Å²) in [4.78, 5) is 28.8. The molecule has 1 aromatic heterocycles. The highest BCUT2D eigenvalue weighted by Crippen LogP contribution is 2.22. The van der Waals surface area contributed by atoms with E-state index in [9.17, 15) is 9.59 Å². The molecule has 3 aromatic rings. The number of hydrogen-bond acceptors (Lipinski definition) is 3. The van der Waals surface area contributed by atoms with Crippen molar-refractivity contribution in [3.8, 4) is 0 Å². The third-order valence-electron chi connectivity index (χ3n) is 4.59. The molecule has 0 spiro atoms. The van der Waals surface area contributed by atoms with E-state index < -0.39 is 0 Å². The summed E-state index contributed by atoms with van der Waals surface area (Å²) in [6.07, 6.45) is 0.559. The first-order chi connectivity index (χ1) is 12.5. The van der Waals surface area contributed by atoms with Crippen LogP contribution in [0, 0.1) is 6.92 Å². The molecule has 1 N–H and O–H groups in total. The third-order valence-corrected chi connectivity index (χ3v) is 4.59. The maximum absolute atomic E-state index is 12.3. The average molecular weight is 349 g/mol. The molecule has 0 saturated carbocycles. The lowest BCUT2D eigenvalue weighted by atomic mass is 10.1. The van der Waals surface area contributed by atoms with Crippen LogP contribution in [0.3, 0.4) is 0 Å². The van der Waals surface area contributed by atoms with Crippen molar-refractivity contribution in [1.29, 1.82) is 0 Å². The lowest BCUT2D eigenvalue weighted by Crippen LogP contribution is -2.27. The summed E-state index contributed by atoms with van der Waals surface area (Å²) in [6, 6.07) is 15.0. The number of carbonyl (C=O) groups is 2. The van der Waals surface area contributed by atoms with Crippen LogP contribution in [0.4, 0.5) is 0 Å². The van der Waals surface area contributed by atoms with E-state index in [-0.39, 0.29) is 17.7 Å². The number of Topliss-reactive ketones (excluding diaryl/α,β-unsaturated/α-hetero) is 1. The molecule has 0 aliphatic carbocycles.